The predicted molar refractivity (Wildman–Crippen MR) is 95.1 cm³/mol. The molecule has 0 unspecified atom stereocenters. The van der Waals surface area contributed by atoms with E-state index in [1.54, 1.807) is 42.1 Å². The van der Waals surface area contributed by atoms with Gasteiger partial charge < -0.3 is 14.5 Å². The van der Waals surface area contributed by atoms with Crippen molar-refractivity contribution in [3.63, 3.8) is 0 Å². The van der Waals surface area contributed by atoms with Crippen LogP contribution in [0.4, 0.5) is 5.69 Å². The number of benzene rings is 2. The average Bonchev–Trinajstić information content (AvgIpc) is 3.02. The van der Waals surface area contributed by atoms with Crippen LogP contribution >= 0.6 is 0 Å². The summed E-state index contributed by atoms with van der Waals surface area (Å²) in [5.41, 5.74) is 1.95. The van der Waals surface area contributed by atoms with Gasteiger partial charge in [-0.1, -0.05) is 11.3 Å². The van der Waals surface area contributed by atoms with Gasteiger partial charge in [-0.3, -0.25) is 4.79 Å². The molecule has 0 aliphatic rings. The van der Waals surface area contributed by atoms with Crippen molar-refractivity contribution in [2.24, 2.45) is 7.05 Å². The van der Waals surface area contributed by atoms with Gasteiger partial charge in [0, 0.05) is 24.6 Å². The van der Waals surface area contributed by atoms with Crippen molar-refractivity contribution in [2.45, 2.75) is 0 Å². The predicted octanol–water partition coefficient (Wildman–Crippen LogP) is 2.09. The minimum Gasteiger partial charge on any atom is -0.484 e. The van der Waals surface area contributed by atoms with Crippen molar-refractivity contribution in [2.75, 3.05) is 11.9 Å². The molecular weight excluding hydrogens is 336 g/mol. The molecule has 130 valence electrons. The Kier molecular flexibility index (Phi) is 3.85. The van der Waals surface area contributed by atoms with Gasteiger partial charge in [-0.2, -0.15) is 0 Å². The topological polar surface area (TPSA) is 99.3 Å². The highest BCUT2D eigenvalue weighted by Crippen LogP contribution is 2.21. The lowest BCUT2D eigenvalue weighted by atomic mass is 10.2. The number of amides is 1. The number of fused-ring (bicyclic) bond motifs is 2. The summed E-state index contributed by atoms with van der Waals surface area (Å²) in [6.45, 7) is -0.195. The summed E-state index contributed by atoms with van der Waals surface area (Å²) < 4.78 is 12.2. The number of hydrogen-bond acceptors (Lipinski definition) is 6. The Balaban J connectivity index is 1.47. The zero-order chi connectivity index (χ0) is 18.1. The fourth-order valence-electron chi connectivity index (χ4n) is 2.62. The number of aryl methyl sites for hydroxylation is 1. The van der Waals surface area contributed by atoms with Gasteiger partial charge >= 0.3 is 5.63 Å². The minimum atomic E-state index is -0.440. The first kappa shape index (κ1) is 15.8. The number of nitrogens with zero attached hydrogens (tertiary/aromatic N) is 3. The molecule has 1 N–H and O–H groups in total. The lowest BCUT2D eigenvalue weighted by Gasteiger charge is -2.08. The number of nitrogens with one attached hydrogen (secondary N) is 1. The maximum Gasteiger partial charge on any atom is 0.336 e. The highest BCUT2D eigenvalue weighted by Gasteiger charge is 2.10. The van der Waals surface area contributed by atoms with E-state index in [-0.39, 0.29) is 12.5 Å². The van der Waals surface area contributed by atoms with Gasteiger partial charge in [0.1, 0.15) is 16.8 Å². The number of carbonyl (C=O) groups excluding carboxylic acids is 1. The maximum atomic E-state index is 12.2. The monoisotopic (exact) mass is 350 g/mol. The van der Waals surface area contributed by atoms with E-state index < -0.39 is 5.63 Å². The van der Waals surface area contributed by atoms with Gasteiger partial charge in [0.05, 0.1) is 11.2 Å². The number of rotatable bonds is 4. The SMILES string of the molecule is Cn1nnc2c(NC(=O)COc3ccc4ccc(=O)oc4c3)cccc21. The third-order valence-corrected chi connectivity index (χ3v) is 3.88. The van der Waals surface area contributed by atoms with Gasteiger partial charge in [-0.25, -0.2) is 9.48 Å². The van der Waals surface area contributed by atoms with Crippen LogP contribution < -0.4 is 15.7 Å². The zero-order valence-electron chi connectivity index (χ0n) is 13.8. The van der Waals surface area contributed by atoms with Crippen LogP contribution in [0.2, 0.25) is 0 Å². The Bertz CT molecular complexity index is 1180. The smallest absolute Gasteiger partial charge is 0.336 e. The van der Waals surface area contributed by atoms with Crippen LogP contribution in [0.1, 0.15) is 0 Å². The normalized spacial score (nSPS) is 11.0. The molecule has 0 spiro atoms. The van der Waals surface area contributed by atoms with Crippen LogP contribution in [-0.4, -0.2) is 27.5 Å². The van der Waals surface area contributed by atoms with E-state index in [4.69, 9.17) is 9.15 Å². The second-order valence-electron chi connectivity index (χ2n) is 5.68. The Labute approximate surface area is 147 Å². The molecule has 0 aliphatic heterocycles. The van der Waals surface area contributed by atoms with Crippen LogP contribution in [0, 0.1) is 0 Å². The molecule has 4 rings (SSSR count). The van der Waals surface area contributed by atoms with Crippen molar-refractivity contribution in [3.05, 3.63) is 59.0 Å². The third kappa shape index (κ3) is 3.00. The van der Waals surface area contributed by atoms with Gasteiger partial charge in [0.2, 0.25) is 0 Å². The molecule has 0 fully saturated rings. The van der Waals surface area contributed by atoms with Gasteiger partial charge in [-0.15, -0.1) is 5.10 Å². The van der Waals surface area contributed by atoms with Crippen molar-refractivity contribution >= 4 is 33.6 Å². The summed E-state index contributed by atoms with van der Waals surface area (Å²) in [4.78, 5) is 23.5. The fraction of sp³-hybridized carbons (Fsp3) is 0.111. The van der Waals surface area contributed by atoms with Gasteiger partial charge in [-0.05, 0) is 30.3 Å². The molecule has 0 radical (unpaired) electrons. The summed E-state index contributed by atoms with van der Waals surface area (Å²) in [6, 6.07) is 13.5. The molecule has 8 heteroatoms. The van der Waals surface area contributed by atoms with Crippen molar-refractivity contribution in [1.82, 2.24) is 15.0 Å². The minimum absolute atomic E-state index is 0.195. The van der Waals surface area contributed by atoms with E-state index in [0.717, 1.165) is 10.9 Å². The number of anilines is 1. The quantitative estimate of drug-likeness (QED) is 0.566. The molecule has 8 nitrogen and oxygen atoms in total. The molecule has 1 amide bonds. The highest BCUT2D eigenvalue weighted by molar-refractivity contribution is 5.99. The Morgan fingerprint density at radius 2 is 2.08 bits per heavy atom. The first-order chi connectivity index (χ1) is 12.6. The average molecular weight is 350 g/mol. The van der Waals surface area contributed by atoms with E-state index in [1.807, 2.05) is 12.1 Å². The van der Waals surface area contributed by atoms with E-state index in [2.05, 4.69) is 15.6 Å². The van der Waals surface area contributed by atoms with Crippen molar-refractivity contribution < 1.29 is 13.9 Å². The van der Waals surface area contributed by atoms with E-state index >= 15 is 0 Å². The lowest BCUT2D eigenvalue weighted by Crippen LogP contribution is -2.20. The second kappa shape index (κ2) is 6.32. The number of hydrogen-bond donors (Lipinski definition) is 1. The summed E-state index contributed by atoms with van der Waals surface area (Å²) in [5, 5.41) is 11.5. The molecule has 0 saturated carbocycles. The van der Waals surface area contributed by atoms with Crippen LogP contribution in [-0.2, 0) is 11.8 Å². The molecule has 0 atom stereocenters. The molecule has 0 aliphatic carbocycles. The third-order valence-electron chi connectivity index (χ3n) is 3.88. The van der Waals surface area contributed by atoms with E-state index in [9.17, 15) is 9.59 Å². The lowest BCUT2D eigenvalue weighted by molar-refractivity contribution is -0.118. The summed E-state index contributed by atoms with van der Waals surface area (Å²) in [7, 11) is 1.78. The number of carbonyl (C=O) groups is 1. The molecule has 4 aromatic rings. The molecule has 0 bridgehead atoms. The Morgan fingerprint density at radius 3 is 2.96 bits per heavy atom. The van der Waals surface area contributed by atoms with Crippen LogP contribution in [0.3, 0.4) is 0 Å². The van der Waals surface area contributed by atoms with Gasteiger partial charge in [0.25, 0.3) is 5.91 Å². The molecular formula is C18H14N4O4. The summed E-state index contributed by atoms with van der Waals surface area (Å²) in [5.74, 6) is 0.0949. The Hall–Kier alpha value is -3.68. The molecule has 0 saturated heterocycles. The fourth-order valence-corrected chi connectivity index (χ4v) is 2.62. The Morgan fingerprint density at radius 1 is 1.23 bits per heavy atom. The highest BCUT2D eigenvalue weighted by atomic mass is 16.5. The van der Waals surface area contributed by atoms with Crippen LogP contribution in [0.25, 0.3) is 22.0 Å². The summed E-state index contributed by atoms with van der Waals surface area (Å²) >= 11 is 0. The van der Waals surface area contributed by atoms with Crippen molar-refractivity contribution in [3.8, 4) is 5.75 Å². The number of aromatic nitrogens is 3. The largest absolute Gasteiger partial charge is 0.484 e. The van der Waals surface area contributed by atoms with Crippen molar-refractivity contribution in [1.29, 1.82) is 0 Å². The van der Waals surface area contributed by atoms with E-state index in [1.165, 1.54) is 6.07 Å². The van der Waals surface area contributed by atoms with Crippen LogP contribution in [0.5, 0.6) is 5.75 Å². The zero-order valence-corrected chi connectivity index (χ0v) is 13.8. The molecule has 2 aromatic heterocycles. The molecule has 26 heavy (non-hydrogen) atoms. The first-order valence-electron chi connectivity index (χ1n) is 7.85. The van der Waals surface area contributed by atoms with E-state index in [0.29, 0.717) is 22.5 Å². The van der Waals surface area contributed by atoms with Crippen LogP contribution in [0.15, 0.2) is 57.7 Å². The number of ether oxygens (including phenoxy) is 1. The molecule has 2 heterocycles. The summed E-state index contributed by atoms with van der Waals surface area (Å²) in [6.07, 6.45) is 0. The van der Waals surface area contributed by atoms with Gasteiger partial charge in [0.15, 0.2) is 6.61 Å². The first-order valence-corrected chi connectivity index (χ1v) is 7.85. The second-order valence-corrected chi connectivity index (χ2v) is 5.68. The standard InChI is InChI=1S/C18H14N4O4/c1-22-14-4-2-3-13(18(14)20-21-22)19-16(23)10-25-12-7-5-11-6-8-17(24)26-15(11)9-12/h2-9H,10H2,1H3,(H,19,23). The molecule has 2 aromatic carbocycles. The maximum absolute atomic E-state index is 12.2.